The van der Waals surface area contributed by atoms with Crippen LogP contribution in [-0.4, -0.2) is 17.0 Å². The van der Waals surface area contributed by atoms with Crippen LogP contribution in [0.25, 0.3) is 0 Å². The van der Waals surface area contributed by atoms with E-state index in [2.05, 4.69) is 5.32 Å². The fourth-order valence-electron chi connectivity index (χ4n) is 2.43. The molecule has 76 valence electrons. The van der Waals surface area contributed by atoms with Crippen molar-refractivity contribution in [3.05, 3.63) is 29.8 Å². The third kappa shape index (κ3) is 0.862. The smallest absolute Gasteiger partial charge is 0.315 e. The summed E-state index contributed by atoms with van der Waals surface area (Å²) in [5, 5.41) is 12.0. The number of hydrogen-bond acceptors (Lipinski definition) is 2. The molecule has 0 radical (unpaired) electrons. The first-order valence-corrected chi connectivity index (χ1v) is 4.80. The highest BCUT2D eigenvalue weighted by atomic mass is 16.4. The Morgan fingerprint density at radius 3 is 2.93 bits per heavy atom. The average molecular weight is 203 g/mol. The van der Waals surface area contributed by atoms with Crippen molar-refractivity contribution in [2.24, 2.45) is 5.92 Å². The van der Waals surface area contributed by atoms with Crippen LogP contribution in [0.2, 0.25) is 0 Å². The molecule has 15 heavy (non-hydrogen) atoms. The molecular formula is C11H9NO3. The Balaban J connectivity index is 2.23. The largest absolute Gasteiger partial charge is 0.481 e. The Bertz CT molecular complexity index is 482. The Hall–Kier alpha value is -1.84. The molecule has 4 heteroatoms. The van der Waals surface area contributed by atoms with Crippen molar-refractivity contribution in [3.63, 3.8) is 0 Å². The summed E-state index contributed by atoms with van der Waals surface area (Å²) in [7, 11) is 0. The number of carbonyl (C=O) groups excluding carboxylic acids is 1. The number of carboxylic acid groups (broad SMARTS) is 1. The standard InChI is InChI=1S/C11H9NO3/c13-9-7-5-11(7,10(14)15)6-3-1-2-4-8(6)12-9/h1-4,7H,5H2,(H,12,13)(H,14,15)/t7-,11-/m0/s1. The van der Waals surface area contributed by atoms with E-state index in [-0.39, 0.29) is 11.8 Å². The third-order valence-corrected chi connectivity index (χ3v) is 3.32. The minimum absolute atomic E-state index is 0.170. The van der Waals surface area contributed by atoms with Gasteiger partial charge in [0.15, 0.2) is 0 Å². The van der Waals surface area contributed by atoms with Crippen molar-refractivity contribution in [2.45, 2.75) is 11.8 Å². The molecule has 1 aromatic carbocycles. The van der Waals surface area contributed by atoms with Gasteiger partial charge < -0.3 is 10.4 Å². The molecule has 3 rings (SSSR count). The number of aliphatic carboxylic acids is 1. The van der Waals surface area contributed by atoms with Gasteiger partial charge in [-0.3, -0.25) is 9.59 Å². The third-order valence-electron chi connectivity index (χ3n) is 3.32. The van der Waals surface area contributed by atoms with Crippen LogP contribution in [0.15, 0.2) is 24.3 Å². The SMILES string of the molecule is O=C1Nc2ccccc2[C@@]2(C(=O)O)C[C@@H]12. The van der Waals surface area contributed by atoms with E-state index in [9.17, 15) is 14.7 Å². The highest BCUT2D eigenvalue weighted by molar-refractivity contribution is 6.08. The first-order chi connectivity index (χ1) is 7.16. The van der Waals surface area contributed by atoms with Crippen molar-refractivity contribution in [1.29, 1.82) is 0 Å². The molecule has 1 aliphatic carbocycles. The van der Waals surface area contributed by atoms with Gasteiger partial charge in [0.05, 0.1) is 5.92 Å². The zero-order chi connectivity index (χ0) is 10.6. The predicted octanol–water partition coefficient (Wildman–Crippen LogP) is 0.981. The number of fused-ring (bicyclic) bond motifs is 3. The second-order valence-electron chi connectivity index (χ2n) is 4.07. The monoisotopic (exact) mass is 203 g/mol. The maximum Gasteiger partial charge on any atom is 0.315 e. The number of hydrogen-bond donors (Lipinski definition) is 2. The van der Waals surface area contributed by atoms with Crippen LogP contribution in [0.4, 0.5) is 5.69 Å². The maximum absolute atomic E-state index is 11.5. The lowest BCUT2D eigenvalue weighted by Gasteiger charge is -2.22. The maximum atomic E-state index is 11.5. The summed E-state index contributed by atoms with van der Waals surface area (Å²) in [5.41, 5.74) is 0.430. The number of para-hydroxylation sites is 1. The summed E-state index contributed by atoms with van der Waals surface area (Å²) in [6, 6.07) is 7.11. The van der Waals surface area contributed by atoms with Gasteiger partial charge in [-0.2, -0.15) is 0 Å². The Morgan fingerprint density at radius 1 is 1.47 bits per heavy atom. The minimum Gasteiger partial charge on any atom is -0.481 e. The molecule has 1 aromatic rings. The van der Waals surface area contributed by atoms with E-state index in [0.717, 1.165) is 5.56 Å². The van der Waals surface area contributed by atoms with Crippen LogP contribution >= 0.6 is 0 Å². The second kappa shape index (κ2) is 2.39. The highest BCUT2D eigenvalue weighted by Gasteiger charge is 2.67. The topological polar surface area (TPSA) is 66.4 Å². The summed E-state index contributed by atoms with van der Waals surface area (Å²) in [6.45, 7) is 0. The lowest BCUT2D eigenvalue weighted by atomic mass is 9.89. The van der Waals surface area contributed by atoms with Gasteiger partial charge in [-0.15, -0.1) is 0 Å². The zero-order valence-electron chi connectivity index (χ0n) is 7.86. The van der Waals surface area contributed by atoms with Gasteiger partial charge in [0.25, 0.3) is 0 Å². The van der Waals surface area contributed by atoms with E-state index in [4.69, 9.17) is 0 Å². The zero-order valence-corrected chi connectivity index (χ0v) is 7.86. The summed E-state index contributed by atoms with van der Waals surface area (Å²) in [4.78, 5) is 22.8. The number of amides is 1. The fourth-order valence-corrected chi connectivity index (χ4v) is 2.43. The van der Waals surface area contributed by atoms with Gasteiger partial charge in [-0.25, -0.2) is 0 Å². The van der Waals surface area contributed by atoms with Gasteiger partial charge in [0, 0.05) is 5.69 Å². The molecule has 1 aliphatic heterocycles. The molecule has 2 N–H and O–H groups in total. The summed E-state index contributed by atoms with van der Waals surface area (Å²) < 4.78 is 0. The Kier molecular flexibility index (Phi) is 1.35. The lowest BCUT2D eigenvalue weighted by Crippen LogP contribution is -2.33. The van der Waals surface area contributed by atoms with Crippen LogP contribution in [0.1, 0.15) is 12.0 Å². The highest BCUT2D eigenvalue weighted by Crippen LogP contribution is 2.59. The summed E-state index contributed by atoms with van der Waals surface area (Å²) >= 11 is 0. The molecule has 0 unspecified atom stereocenters. The normalized spacial score (nSPS) is 31.2. The molecule has 2 aliphatic rings. The molecule has 0 spiro atoms. The number of carboxylic acids is 1. The molecular weight excluding hydrogens is 194 g/mol. The van der Waals surface area contributed by atoms with Gasteiger partial charge >= 0.3 is 5.97 Å². The minimum atomic E-state index is -0.946. The molecule has 1 amide bonds. The van der Waals surface area contributed by atoms with Crippen LogP contribution < -0.4 is 5.32 Å². The van der Waals surface area contributed by atoms with Crippen molar-refractivity contribution < 1.29 is 14.7 Å². The molecule has 4 nitrogen and oxygen atoms in total. The number of anilines is 1. The second-order valence-corrected chi connectivity index (χ2v) is 4.07. The summed E-state index contributed by atoms with van der Waals surface area (Å²) in [6.07, 6.45) is 0.422. The van der Waals surface area contributed by atoms with Crippen molar-refractivity contribution >= 4 is 17.6 Å². The molecule has 0 bridgehead atoms. The average Bonchev–Trinajstić information content (AvgIpc) is 2.95. The molecule has 2 atom stereocenters. The quantitative estimate of drug-likeness (QED) is 0.715. The van der Waals surface area contributed by atoms with Crippen molar-refractivity contribution in [2.75, 3.05) is 5.32 Å². The number of nitrogens with one attached hydrogen (secondary N) is 1. The van der Waals surface area contributed by atoms with E-state index in [0.29, 0.717) is 12.1 Å². The first kappa shape index (κ1) is 8.47. The van der Waals surface area contributed by atoms with Gasteiger partial charge in [0.1, 0.15) is 5.41 Å². The Labute approximate surface area is 85.9 Å². The van der Waals surface area contributed by atoms with E-state index >= 15 is 0 Å². The number of benzene rings is 1. The number of rotatable bonds is 1. The van der Waals surface area contributed by atoms with Crippen LogP contribution in [0.3, 0.4) is 0 Å². The lowest BCUT2D eigenvalue weighted by molar-refractivity contribution is -0.141. The van der Waals surface area contributed by atoms with Crippen molar-refractivity contribution in [3.8, 4) is 0 Å². The molecule has 1 heterocycles. The van der Waals surface area contributed by atoms with Crippen LogP contribution in [-0.2, 0) is 15.0 Å². The van der Waals surface area contributed by atoms with Gasteiger partial charge in [-0.1, -0.05) is 18.2 Å². The molecule has 1 fully saturated rings. The number of carbonyl (C=O) groups is 2. The Morgan fingerprint density at radius 2 is 2.20 bits per heavy atom. The first-order valence-electron chi connectivity index (χ1n) is 4.80. The molecule has 0 aromatic heterocycles. The van der Waals surface area contributed by atoms with Crippen molar-refractivity contribution in [1.82, 2.24) is 0 Å². The van der Waals surface area contributed by atoms with E-state index in [1.165, 1.54) is 0 Å². The van der Waals surface area contributed by atoms with Gasteiger partial charge in [-0.05, 0) is 18.1 Å². The summed E-state index contributed by atoms with van der Waals surface area (Å²) in [5.74, 6) is -1.45. The van der Waals surface area contributed by atoms with Gasteiger partial charge in [0.2, 0.25) is 5.91 Å². The fraction of sp³-hybridized carbons (Fsp3) is 0.273. The predicted molar refractivity (Wildman–Crippen MR) is 52.5 cm³/mol. The van der Waals surface area contributed by atoms with Crippen LogP contribution in [0.5, 0.6) is 0 Å². The van der Waals surface area contributed by atoms with Crippen LogP contribution in [0, 0.1) is 5.92 Å². The molecule has 0 saturated heterocycles. The van der Waals surface area contributed by atoms with E-state index < -0.39 is 11.4 Å². The molecule has 1 saturated carbocycles. The van der Waals surface area contributed by atoms with E-state index in [1.807, 2.05) is 0 Å². The van der Waals surface area contributed by atoms with E-state index in [1.54, 1.807) is 24.3 Å².